The summed E-state index contributed by atoms with van der Waals surface area (Å²) in [6.45, 7) is 4.64. The van der Waals surface area contributed by atoms with Gasteiger partial charge in [-0.1, -0.05) is 12.1 Å². The van der Waals surface area contributed by atoms with Gasteiger partial charge in [0, 0.05) is 17.9 Å². The third-order valence-electron chi connectivity index (χ3n) is 4.04. The number of carbonyl (C=O) groups excluding carboxylic acids is 2. The number of aryl methyl sites for hydroxylation is 2. The summed E-state index contributed by atoms with van der Waals surface area (Å²) in [7, 11) is 0. The first-order valence-electron chi connectivity index (χ1n) is 7.22. The lowest BCUT2D eigenvalue weighted by Gasteiger charge is -2.25. The largest absolute Gasteiger partial charge is 0.399 e. The third kappa shape index (κ3) is 2.37. The Balaban J connectivity index is 2.12. The topological polar surface area (TPSA) is 63.4 Å². The number of carbonyl (C=O) groups is 2. The quantitative estimate of drug-likeness (QED) is 0.537. The van der Waals surface area contributed by atoms with Gasteiger partial charge in [0.05, 0.1) is 0 Å². The van der Waals surface area contributed by atoms with E-state index in [1.165, 1.54) is 0 Å². The van der Waals surface area contributed by atoms with Crippen LogP contribution in [0, 0.1) is 13.8 Å². The van der Waals surface area contributed by atoms with Crippen molar-refractivity contribution in [1.29, 1.82) is 0 Å². The van der Waals surface area contributed by atoms with Gasteiger partial charge >= 0.3 is 0 Å². The Morgan fingerprint density at radius 3 is 2.50 bits per heavy atom. The number of nitrogens with two attached hydrogens (primary N) is 1. The number of Topliss-reactive ketones (excluding diaryl/α,β-unsaturated/α-hetero) is 1. The van der Waals surface area contributed by atoms with Crippen LogP contribution in [0.1, 0.15) is 28.3 Å². The van der Waals surface area contributed by atoms with Gasteiger partial charge in [0.25, 0.3) is 0 Å². The summed E-state index contributed by atoms with van der Waals surface area (Å²) >= 11 is 0. The summed E-state index contributed by atoms with van der Waals surface area (Å²) < 4.78 is 0. The average molecular weight is 294 g/mol. The Morgan fingerprint density at radius 1 is 1.18 bits per heavy atom. The average Bonchev–Trinajstić information content (AvgIpc) is 2.84. The molecule has 0 saturated carbocycles. The van der Waals surface area contributed by atoms with Crippen LogP contribution in [0.2, 0.25) is 0 Å². The molecule has 0 aromatic heterocycles. The van der Waals surface area contributed by atoms with Gasteiger partial charge in [0.2, 0.25) is 5.78 Å². The summed E-state index contributed by atoms with van der Waals surface area (Å²) in [5.74, 6) is -0.441. The van der Waals surface area contributed by atoms with E-state index in [4.69, 9.17) is 5.73 Å². The smallest absolute Gasteiger partial charge is 0.222 e. The number of benzene rings is 2. The second-order valence-corrected chi connectivity index (χ2v) is 5.85. The van der Waals surface area contributed by atoms with Crippen LogP contribution in [-0.4, -0.2) is 12.1 Å². The first-order chi connectivity index (χ1) is 10.5. The number of fused-ring (bicyclic) bond motifs is 1. The minimum Gasteiger partial charge on any atom is -0.399 e. The highest BCUT2D eigenvalue weighted by Gasteiger charge is 2.35. The second-order valence-electron chi connectivity index (χ2n) is 5.85. The zero-order chi connectivity index (χ0) is 15.9. The summed E-state index contributed by atoms with van der Waals surface area (Å²) in [6, 6.07) is 11.1. The maximum Gasteiger partial charge on any atom is 0.222 e. The van der Waals surface area contributed by atoms with Gasteiger partial charge in [-0.05, 0) is 60.4 Å². The van der Waals surface area contributed by atoms with Crippen LogP contribution in [0.25, 0.3) is 0 Å². The molecule has 1 atom stereocenters. The third-order valence-corrected chi connectivity index (χ3v) is 4.04. The van der Waals surface area contributed by atoms with E-state index in [-0.39, 0.29) is 0 Å². The molecule has 22 heavy (non-hydrogen) atoms. The maximum atomic E-state index is 12.2. The van der Waals surface area contributed by atoms with Gasteiger partial charge in [0.15, 0.2) is 6.29 Å². The predicted octanol–water partition coefficient (Wildman–Crippen LogP) is 2.71. The number of ketones is 1. The number of nitrogens with zero attached hydrogens (tertiary/aromatic N) is 1. The molecule has 2 aromatic rings. The highest BCUT2D eigenvalue weighted by Crippen LogP contribution is 2.39. The maximum absolute atomic E-state index is 12.2. The van der Waals surface area contributed by atoms with Crippen molar-refractivity contribution in [3.8, 4) is 0 Å². The second kappa shape index (κ2) is 5.30. The highest BCUT2D eigenvalue weighted by atomic mass is 16.2. The van der Waals surface area contributed by atoms with Crippen molar-refractivity contribution >= 4 is 23.4 Å². The van der Waals surface area contributed by atoms with Crippen LogP contribution < -0.4 is 10.6 Å². The summed E-state index contributed by atoms with van der Waals surface area (Å²) in [5, 5.41) is 0. The monoisotopic (exact) mass is 294 g/mol. The van der Waals surface area contributed by atoms with Crippen molar-refractivity contribution in [2.24, 2.45) is 0 Å². The minimum absolute atomic E-state index is 0.401. The SMILES string of the molecule is Cc1cc(C)cc(N2Cc3ccc(N)cc3C2C(=O)C=O)c1. The number of hydrogen-bond acceptors (Lipinski definition) is 4. The molecule has 0 spiro atoms. The molecule has 4 heteroatoms. The van der Waals surface area contributed by atoms with E-state index in [1.807, 2.05) is 43.0 Å². The van der Waals surface area contributed by atoms with Crippen LogP contribution in [0.3, 0.4) is 0 Å². The standard InChI is InChI=1S/C18H18N2O2/c1-11-5-12(2)7-15(6-11)20-9-13-3-4-14(19)8-16(13)18(20)17(22)10-21/h3-8,10,18H,9,19H2,1-2H3. The molecule has 0 fully saturated rings. The van der Waals surface area contributed by atoms with Crippen LogP contribution >= 0.6 is 0 Å². The molecule has 0 radical (unpaired) electrons. The van der Waals surface area contributed by atoms with Crippen molar-refractivity contribution < 1.29 is 9.59 Å². The fraction of sp³-hybridized carbons (Fsp3) is 0.222. The Bertz CT molecular complexity index is 747. The molecule has 0 bridgehead atoms. The molecule has 0 saturated heterocycles. The predicted molar refractivity (Wildman–Crippen MR) is 86.8 cm³/mol. The molecule has 1 heterocycles. The van der Waals surface area contributed by atoms with Crippen molar-refractivity contribution in [1.82, 2.24) is 0 Å². The van der Waals surface area contributed by atoms with E-state index in [0.717, 1.165) is 27.9 Å². The van der Waals surface area contributed by atoms with Gasteiger partial charge in [-0.2, -0.15) is 0 Å². The van der Waals surface area contributed by atoms with E-state index in [9.17, 15) is 9.59 Å². The zero-order valence-electron chi connectivity index (χ0n) is 12.7. The lowest BCUT2D eigenvalue weighted by Crippen LogP contribution is -2.29. The molecular formula is C18H18N2O2. The van der Waals surface area contributed by atoms with Crippen molar-refractivity contribution in [3.63, 3.8) is 0 Å². The molecule has 1 aliphatic rings. The van der Waals surface area contributed by atoms with Crippen LogP contribution in [0.15, 0.2) is 36.4 Å². The van der Waals surface area contributed by atoms with Gasteiger partial charge in [-0.3, -0.25) is 9.59 Å². The Morgan fingerprint density at radius 2 is 1.86 bits per heavy atom. The number of nitrogen functional groups attached to an aromatic ring is 1. The fourth-order valence-electron chi connectivity index (χ4n) is 3.18. The summed E-state index contributed by atoms with van der Waals surface area (Å²) in [6.07, 6.45) is 0.401. The van der Waals surface area contributed by atoms with E-state index in [2.05, 4.69) is 6.07 Å². The van der Waals surface area contributed by atoms with Crippen molar-refractivity contribution in [3.05, 3.63) is 58.7 Å². The highest BCUT2D eigenvalue weighted by molar-refractivity contribution is 6.28. The Labute approximate surface area is 129 Å². The first-order valence-corrected chi connectivity index (χ1v) is 7.22. The molecular weight excluding hydrogens is 276 g/mol. The number of anilines is 2. The zero-order valence-corrected chi connectivity index (χ0v) is 12.7. The summed E-state index contributed by atoms with van der Waals surface area (Å²) in [4.78, 5) is 25.3. The number of hydrogen-bond donors (Lipinski definition) is 1. The molecule has 3 rings (SSSR count). The van der Waals surface area contributed by atoms with Gasteiger partial charge in [-0.15, -0.1) is 0 Å². The normalized spacial score (nSPS) is 16.5. The lowest BCUT2D eigenvalue weighted by atomic mass is 10.0. The first kappa shape index (κ1) is 14.3. The molecule has 112 valence electrons. The molecule has 1 aliphatic heterocycles. The van der Waals surface area contributed by atoms with Crippen LogP contribution in [0.5, 0.6) is 0 Å². The van der Waals surface area contributed by atoms with E-state index in [1.54, 1.807) is 6.07 Å². The Kier molecular flexibility index (Phi) is 3.45. The lowest BCUT2D eigenvalue weighted by molar-refractivity contribution is -0.130. The molecule has 1 unspecified atom stereocenters. The van der Waals surface area contributed by atoms with E-state index < -0.39 is 11.8 Å². The van der Waals surface area contributed by atoms with Crippen LogP contribution in [0.4, 0.5) is 11.4 Å². The van der Waals surface area contributed by atoms with Crippen molar-refractivity contribution in [2.75, 3.05) is 10.6 Å². The fourth-order valence-corrected chi connectivity index (χ4v) is 3.18. The van der Waals surface area contributed by atoms with Gasteiger partial charge in [0.1, 0.15) is 6.04 Å². The molecule has 0 aliphatic carbocycles. The summed E-state index contributed by atoms with van der Waals surface area (Å²) in [5.41, 5.74) is 11.5. The Hall–Kier alpha value is -2.62. The molecule has 4 nitrogen and oxygen atoms in total. The minimum atomic E-state index is -0.586. The van der Waals surface area contributed by atoms with Gasteiger partial charge in [-0.25, -0.2) is 0 Å². The van der Waals surface area contributed by atoms with Gasteiger partial charge < -0.3 is 10.6 Å². The molecule has 2 N–H and O–H groups in total. The number of rotatable bonds is 3. The number of aldehydes is 1. The van der Waals surface area contributed by atoms with E-state index in [0.29, 0.717) is 18.5 Å². The van der Waals surface area contributed by atoms with Crippen LogP contribution in [-0.2, 0) is 16.1 Å². The molecule has 2 aromatic carbocycles. The molecule has 0 amide bonds. The van der Waals surface area contributed by atoms with E-state index >= 15 is 0 Å². The van der Waals surface area contributed by atoms with Crippen molar-refractivity contribution in [2.45, 2.75) is 26.4 Å².